The number of fused-ring (bicyclic) bond motifs is 3. The lowest BCUT2D eigenvalue weighted by molar-refractivity contribution is 0.193. The molecule has 2 N–H and O–H groups in total. The Labute approximate surface area is 198 Å². The molecule has 6 heteroatoms. The van der Waals surface area contributed by atoms with Crippen LogP contribution >= 0.6 is 11.6 Å². The van der Waals surface area contributed by atoms with Gasteiger partial charge in [-0.05, 0) is 85.0 Å². The number of rotatable bonds is 3. The number of hydrogen-bond acceptors (Lipinski definition) is 2. The minimum absolute atomic E-state index is 0.122. The van der Waals surface area contributed by atoms with Crippen molar-refractivity contribution >= 4 is 34.2 Å². The molecule has 1 aliphatic heterocycles. The predicted octanol–water partition coefficient (Wildman–Crippen LogP) is 6.63. The summed E-state index contributed by atoms with van der Waals surface area (Å²) < 4.78 is 5.35. The van der Waals surface area contributed by atoms with Gasteiger partial charge >= 0.3 is 6.03 Å². The van der Waals surface area contributed by atoms with Crippen molar-refractivity contribution in [3.63, 3.8) is 0 Å². The number of urea groups is 1. The van der Waals surface area contributed by atoms with Crippen LogP contribution in [0.5, 0.6) is 5.75 Å². The van der Waals surface area contributed by atoms with Crippen molar-refractivity contribution in [3.05, 3.63) is 93.6 Å². The summed E-state index contributed by atoms with van der Waals surface area (Å²) in [7, 11) is 1.65. The van der Waals surface area contributed by atoms with E-state index in [1.165, 1.54) is 5.56 Å². The topological polar surface area (TPSA) is 57.4 Å². The highest BCUT2D eigenvalue weighted by atomic mass is 35.5. The number of nitrogens with zero attached hydrogens (tertiary/aromatic N) is 1. The molecular weight excluding hydrogens is 434 g/mol. The number of aryl methyl sites for hydroxylation is 2. The Morgan fingerprint density at radius 3 is 2.48 bits per heavy atom. The minimum Gasteiger partial charge on any atom is -0.497 e. The van der Waals surface area contributed by atoms with Crippen molar-refractivity contribution < 1.29 is 9.53 Å². The molecule has 3 aromatic carbocycles. The van der Waals surface area contributed by atoms with Gasteiger partial charge in [0.2, 0.25) is 0 Å². The smallest absolute Gasteiger partial charge is 0.322 e. The first-order chi connectivity index (χ1) is 15.9. The lowest BCUT2D eigenvalue weighted by atomic mass is 9.92. The number of benzene rings is 3. The van der Waals surface area contributed by atoms with Crippen LogP contribution in [0.4, 0.5) is 10.5 Å². The van der Waals surface area contributed by atoms with Crippen molar-refractivity contribution in [1.82, 2.24) is 9.88 Å². The summed E-state index contributed by atoms with van der Waals surface area (Å²) in [5, 5.41) is 4.94. The molecule has 0 bridgehead atoms. The number of amides is 2. The number of halogens is 1. The Morgan fingerprint density at radius 1 is 1.06 bits per heavy atom. The van der Waals surface area contributed by atoms with Crippen molar-refractivity contribution in [2.24, 2.45) is 0 Å². The van der Waals surface area contributed by atoms with Gasteiger partial charge in [0.1, 0.15) is 5.75 Å². The van der Waals surface area contributed by atoms with E-state index in [1.807, 2.05) is 73.3 Å². The Morgan fingerprint density at radius 2 is 1.79 bits per heavy atom. The summed E-state index contributed by atoms with van der Waals surface area (Å²) in [5.41, 5.74) is 7.32. The molecule has 33 heavy (non-hydrogen) atoms. The summed E-state index contributed by atoms with van der Waals surface area (Å²) in [5.74, 6) is 0.782. The predicted molar refractivity (Wildman–Crippen MR) is 133 cm³/mol. The van der Waals surface area contributed by atoms with E-state index >= 15 is 0 Å². The van der Waals surface area contributed by atoms with Crippen LogP contribution in [0, 0.1) is 13.8 Å². The first-order valence-corrected chi connectivity index (χ1v) is 11.4. The molecule has 0 aliphatic carbocycles. The van der Waals surface area contributed by atoms with E-state index in [0.29, 0.717) is 11.6 Å². The fourth-order valence-corrected chi connectivity index (χ4v) is 5.03. The molecule has 4 aromatic rings. The van der Waals surface area contributed by atoms with Gasteiger partial charge in [-0.25, -0.2) is 4.79 Å². The van der Waals surface area contributed by atoms with Gasteiger partial charge in [-0.2, -0.15) is 0 Å². The van der Waals surface area contributed by atoms with Gasteiger partial charge < -0.3 is 19.9 Å². The number of carbonyl (C=O) groups excluding carboxylic acids is 1. The largest absolute Gasteiger partial charge is 0.497 e. The zero-order chi connectivity index (χ0) is 23.1. The molecule has 2 heterocycles. The highest BCUT2D eigenvalue weighted by Crippen LogP contribution is 2.39. The van der Waals surface area contributed by atoms with Gasteiger partial charge in [-0.15, -0.1) is 0 Å². The number of ether oxygens (including phenoxy) is 1. The zero-order valence-corrected chi connectivity index (χ0v) is 19.7. The highest BCUT2D eigenvalue weighted by molar-refractivity contribution is 6.31. The summed E-state index contributed by atoms with van der Waals surface area (Å²) in [6.45, 7) is 4.66. The Hall–Kier alpha value is -3.44. The van der Waals surface area contributed by atoms with Gasteiger partial charge in [0, 0.05) is 33.9 Å². The number of carbonyl (C=O) groups is 1. The third-order valence-corrected chi connectivity index (χ3v) is 6.49. The number of nitrogens with one attached hydrogen (secondary N) is 2. The van der Waals surface area contributed by atoms with E-state index in [-0.39, 0.29) is 12.1 Å². The Bertz CT molecular complexity index is 1320. The number of methoxy groups -OCH3 is 1. The van der Waals surface area contributed by atoms with E-state index < -0.39 is 0 Å². The van der Waals surface area contributed by atoms with Crippen LogP contribution in [0.25, 0.3) is 10.9 Å². The normalized spacial score (nSPS) is 15.4. The highest BCUT2D eigenvalue weighted by Gasteiger charge is 2.34. The molecule has 5 rings (SSSR count). The van der Waals surface area contributed by atoms with E-state index in [0.717, 1.165) is 51.1 Å². The van der Waals surface area contributed by atoms with Crippen molar-refractivity contribution in [2.45, 2.75) is 26.3 Å². The van der Waals surface area contributed by atoms with Crippen LogP contribution in [-0.4, -0.2) is 29.6 Å². The number of anilines is 1. The fourth-order valence-electron chi connectivity index (χ4n) is 4.85. The van der Waals surface area contributed by atoms with Crippen molar-refractivity contribution in [3.8, 4) is 5.75 Å². The fraction of sp³-hybridized carbons (Fsp3) is 0.222. The maximum atomic E-state index is 13.5. The Balaban J connectivity index is 1.58. The molecule has 1 aromatic heterocycles. The van der Waals surface area contributed by atoms with Crippen molar-refractivity contribution in [2.75, 3.05) is 19.0 Å². The van der Waals surface area contributed by atoms with Gasteiger partial charge in [0.25, 0.3) is 0 Å². The molecule has 0 saturated carbocycles. The standard InChI is InChI=1S/C27H26ClN3O2/c1-16-12-17(2)14-20(13-16)29-27(32)31-11-10-22-23-15-19(28)6-9-24(23)30-25(22)26(31)18-4-7-21(33-3)8-5-18/h4-9,12-15,26,30H,10-11H2,1-3H3,(H,29,32)/t26-/m1/s1. The molecule has 5 nitrogen and oxygen atoms in total. The van der Waals surface area contributed by atoms with E-state index in [4.69, 9.17) is 16.3 Å². The summed E-state index contributed by atoms with van der Waals surface area (Å²) in [6, 6.07) is 19.5. The third-order valence-electron chi connectivity index (χ3n) is 6.25. The number of aromatic amines is 1. The number of aromatic nitrogens is 1. The molecule has 2 amide bonds. The van der Waals surface area contributed by atoms with Crippen LogP contribution in [-0.2, 0) is 6.42 Å². The van der Waals surface area contributed by atoms with E-state index in [1.54, 1.807) is 7.11 Å². The first kappa shape index (κ1) is 21.4. The second-order valence-electron chi connectivity index (χ2n) is 8.63. The van der Waals surface area contributed by atoms with Crippen molar-refractivity contribution in [1.29, 1.82) is 0 Å². The SMILES string of the molecule is COc1ccc([C@@H]2c3[nH]c4ccc(Cl)cc4c3CCN2C(=O)Nc2cc(C)cc(C)c2)cc1. The number of H-pyrrole nitrogens is 1. The molecule has 0 radical (unpaired) electrons. The van der Waals surface area contributed by atoms with Gasteiger partial charge in [0.15, 0.2) is 0 Å². The summed E-state index contributed by atoms with van der Waals surface area (Å²) >= 11 is 6.30. The molecule has 0 spiro atoms. The van der Waals surface area contributed by atoms with Crippen LogP contribution in [0.1, 0.15) is 34.0 Å². The van der Waals surface area contributed by atoms with E-state index in [2.05, 4.69) is 16.4 Å². The quantitative estimate of drug-likeness (QED) is 0.361. The van der Waals surface area contributed by atoms with Gasteiger partial charge in [0.05, 0.1) is 13.2 Å². The second kappa shape index (κ2) is 8.49. The monoisotopic (exact) mass is 459 g/mol. The molecule has 0 unspecified atom stereocenters. The molecule has 168 valence electrons. The lowest BCUT2D eigenvalue weighted by Gasteiger charge is -2.36. The maximum absolute atomic E-state index is 13.5. The average molecular weight is 460 g/mol. The third kappa shape index (κ3) is 4.05. The Kier molecular flexibility index (Phi) is 5.51. The summed E-state index contributed by atoms with van der Waals surface area (Å²) in [4.78, 5) is 19.0. The van der Waals surface area contributed by atoms with Crippen LogP contribution < -0.4 is 10.1 Å². The van der Waals surface area contributed by atoms with Crippen LogP contribution in [0.2, 0.25) is 5.02 Å². The van der Waals surface area contributed by atoms with Crippen LogP contribution in [0.3, 0.4) is 0 Å². The zero-order valence-electron chi connectivity index (χ0n) is 18.9. The molecular formula is C27H26ClN3O2. The lowest BCUT2D eigenvalue weighted by Crippen LogP contribution is -2.43. The summed E-state index contributed by atoms with van der Waals surface area (Å²) in [6.07, 6.45) is 0.753. The molecule has 1 atom stereocenters. The number of hydrogen-bond donors (Lipinski definition) is 2. The van der Waals surface area contributed by atoms with E-state index in [9.17, 15) is 4.79 Å². The minimum atomic E-state index is -0.253. The van der Waals surface area contributed by atoms with Crippen LogP contribution in [0.15, 0.2) is 60.7 Å². The van der Waals surface area contributed by atoms with Gasteiger partial charge in [-0.1, -0.05) is 29.8 Å². The molecule has 0 fully saturated rings. The van der Waals surface area contributed by atoms with Gasteiger partial charge in [-0.3, -0.25) is 0 Å². The molecule has 0 saturated heterocycles. The average Bonchev–Trinajstić information content (AvgIpc) is 3.15. The second-order valence-corrected chi connectivity index (χ2v) is 9.07. The maximum Gasteiger partial charge on any atom is 0.322 e. The first-order valence-electron chi connectivity index (χ1n) is 11.0. The molecule has 1 aliphatic rings.